The number of imidazole rings is 1. The molecule has 31 heavy (non-hydrogen) atoms. The number of hydrogen-bond donors (Lipinski definition) is 3. The number of rotatable bonds is 7. The summed E-state index contributed by atoms with van der Waals surface area (Å²) in [4.78, 5) is 21.2. The molecule has 0 radical (unpaired) electrons. The molecule has 1 aromatic rings. The highest BCUT2D eigenvalue weighted by atomic mass is 127. The average molecular weight is 549 g/mol. The summed E-state index contributed by atoms with van der Waals surface area (Å²) in [5.74, 6) is 2.36. The van der Waals surface area contributed by atoms with Crippen molar-refractivity contribution in [3.05, 3.63) is 18.2 Å². The number of aromatic nitrogens is 2. The Kier molecular flexibility index (Phi) is 11.6. The number of hydrogen-bond acceptors (Lipinski definition) is 4. The van der Waals surface area contributed by atoms with E-state index in [1.54, 1.807) is 0 Å². The lowest BCUT2D eigenvalue weighted by atomic mass is 9.91. The van der Waals surface area contributed by atoms with E-state index in [0.717, 1.165) is 50.6 Å². The third-order valence-corrected chi connectivity index (χ3v) is 4.88. The van der Waals surface area contributed by atoms with Crippen molar-refractivity contribution in [2.45, 2.75) is 98.0 Å². The number of amides is 1. The van der Waals surface area contributed by atoms with Crippen LogP contribution in [0.25, 0.3) is 0 Å². The largest absolute Gasteiger partial charge is 0.444 e. The standard InChI is InChI=1S/C22H40N6O2.HI/c1-7-23-20(25-14-19-24-12-13-28(19)15-16(2)3)26-17-8-10-18(11-9-17)27-21(29)30-22(4,5)6;/h12-13,16-18H,7-11,14-15H2,1-6H3,(H,27,29)(H2,23,25,26);1H. The first-order chi connectivity index (χ1) is 14.2. The molecule has 1 amide bonds. The molecule has 0 aromatic carbocycles. The maximum absolute atomic E-state index is 12.0. The van der Waals surface area contributed by atoms with Gasteiger partial charge in [0.1, 0.15) is 18.0 Å². The second kappa shape index (κ2) is 13.1. The molecule has 0 spiro atoms. The molecule has 178 valence electrons. The van der Waals surface area contributed by atoms with E-state index in [1.807, 2.05) is 33.2 Å². The van der Waals surface area contributed by atoms with E-state index in [2.05, 4.69) is 46.3 Å². The van der Waals surface area contributed by atoms with Gasteiger partial charge < -0.3 is 25.3 Å². The topological polar surface area (TPSA) is 92.6 Å². The molecular weight excluding hydrogens is 507 g/mol. The Bertz CT molecular complexity index is 690. The van der Waals surface area contributed by atoms with Gasteiger partial charge in [-0.05, 0) is 59.3 Å². The van der Waals surface area contributed by atoms with E-state index >= 15 is 0 Å². The monoisotopic (exact) mass is 548 g/mol. The highest BCUT2D eigenvalue weighted by molar-refractivity contribution is 14.0. The second-order valence-corrected chi connectivity index (χ2v) is 9.42. The number of halogens is 1. The van der Waals surface area contributed by atoms with Gasteiger partial charge in [0.25, 0.3) is 0 Å². The van der Waals surface area contributed by atoms with Crippen LogP contribution < -0.4 is 16.0 Å². The third kappa shape index (κ3) is 10.6. The number of nitrogens with zero attached hydrogens (tertiary/aromatic N) is 3. The van der Waals surface area contributed by atoms with Crippen LogP contribution in [-0.4, -0.2) is 45.8 Å². The minimum Gasteiger partial charge on any atom is -0.444 e. The zero-order chi connectivity index (χ0) is 22.1. The molecule has 1 fully saturated rings. The Morgan fingerprint density at radius 3 is 2.39 bits per heavy atom. The molecule has 0 unspecified atom stereocenters. The van der Waals surface area contributed by atoms with E-state index in [4.69, 9.17) is 9.73 Å². The Balaban J connectivity index is 0.00000480. The summed E-state index contributed by atoms with van der Waals surface area (Å²) in [7, 11) is 0. The highest BCUT2D eigenvalue weighted by Gasteiger charge is 2.25. The highest BCUT2D eigenvalue weighted by Crippen LogP contribution is 2.19. The average Bonchev–Trinajstić information content (AvgIpc) is 3.06. The lowest BCUT2D eigenvalue weighted by Crippen LogP contribution is -2.48. The molecule has 3 N–H and O–H groups in total. The summed E-state index contributed by atoms with van der Waals surface area (Å²) >= 11 is 0. The van der Waals surface area contributed by atoms with Gasteiger partial charge in [-0.1, -0.05) is 13.8 Å². The van der Waals surface area contributed by atoms with Crippen molar-refractivity contribution in [2.24, 2.45) is 10.9 Å². The van der Waals surface area contributed by atoms with Gasteiger partial charge in [-0.15, -0.1) is 24.0 Å². The van der Waals surface area contributed by atoms with Crippen molar-refractivity contribution in [3.63, 3.8) is 0 Å². The van der Waals surface area contributed by atoms with Gasteiger partial charge in [0.15, 0.2) is 5.96 Å². The van der Waals surface area contributed by atoms with Crippen molar-refractivity contribution in [1.29, 1.82) is 0 Å². The van der Waals surface area contributed by atoms with Gasteiger partial charge in [0.2, 0.25) is 0 Å². The fourth-order valence-corrected chi connectivity index (χ4v) is 3.57. The van der Waals surface area contributed by atoms with Crippen LogP contribution in [0.4, 0.5) is 4.79 Å². The van der Waals surface area contributed by atoms with Crippen molar-refractivity contribution in [3.8, 4) is 0 Å². The van der Waals surface area contributed by atoms with Crippen LogP contribution in [0.2, 0.25) is 0 Å². The quantitative estimate of drug-likeness (QED) is 0.272. The lowest BCUT2D eigenvalue weighted by molar-refractivity contribution is 0.0490. The van der Waals surface area contributed by atoms with Crippen LogP contribution in [0.5, 0.6) is 0 Å². The molecule has 1 saturated carbocycles. The molecule has 0 atom stereocenters. The predicted molar refractivity (Wildman–Crippen MR) is 136 cm³/mol. The maximum atomic E-state index is 12.0. The number of aliphatic imine (C=N–C) groups is 1. The van der Waals surface area contributed by atoms with Crippen molar-refractivity contribution in [2.75, 3.05) is 6.54 Å². The molecule has 0 aliphatic heterocycles. The molecule has 1 aromatic heterocycles. The van der Waals surface area contributed by atoms with E-state index in [-0.39, 0.29) is 36.1 Å². The van der Waals surface area contributed by atoms with Gasteiger partial charge >= 0.3 is 6.09 Å². The Labute approximate surface area is 204 Å². The first-order valence-corrected chi connectivity index (χ1v) is 11.2. The Morgan fingerprint density at radius 2 is 1.84 bits per heavy atom. The first kappa shape index (κ1) is 27.5. The molecule has 1 aliphatic carbocycles. The number of carbonyl (C=O) groups is 1. The van der Waals surface area contributed by atoms with Crippen LogP contribution in [0.3, 0.4) is 0 Å². The first-order valence-electron chi connectivity index (χ1n) is 11.2. The number of ether oxygens (including phenoxy) is 1. The smallest absolute Gasteiger partial charge is 0.407 e. The molecule has 8 nitrogen and oxygen atoms in total. The molecule has 0 bridgehead atoms. The molecular formula is C22H41IN6O2. The van der Waals surface area contributed by atoms with Gasteiger partial charge in [-0.25, -0.2) is 14.8 Å². The Hall–Kier alpha value is -1.52. The SMILES string of the molecule is CCNC(=NCc1nccn1CC(C)C)NC1CCC(NC(=O)OC(C)(C)C)CC1.I. The van der Waals surface area contributed by atoms with E-state index in [0.29, 0.717) is 18.5 Å². The van der Waals surface area contributed by atoms with Crippen molar-refractivity contribution in [1.82, 2.24) is 25.5 Å². The van der Waals surface area contributed by atoms with Crippen LogP contribution in [-0.2, 0) is 17.8 Å². The third-order valence-electron chi connectivity index (χ3n) is 4.88. The van der Waals surface area contributed by atoms with Gasteiger partial charge in [-0.3, -0.25) is 0 Å². The number of carbonyl (C=O) groups excluding carboxylic acids is 1. The number of nitrogens with one attached hydrogen (secondary N) is 3. The van der Waals surface area contributed by atoms with Crippen LogP contribution in [0.1, 0.15) is 73.1 Å². The summed E-state index contributed by atoms with van der Waals surface area (Å²) in [6, 6.07) is 0.510. The summed E-state index contributed by atoms with van der Waals surface area (Å²) < 4.78 is 7.53. The molecule has 2 rings (SSSR count). The van der Waals surface area contributed by atoms with Crippen LogP contribution in [0, 0.1) is 5.92 Å². The predicted octanol–water partition coefficient (Wildman–Crippen LogP) is 4.05. The molecule has 9 heteroatoms. The summed E-state index contributed by atoms with van der Waals surface area (Å²) in [5, 5.41) is 9.88. The summed E-state index contributed by atoms with van der Waals surface area (Å²) in [6.45, 7) is 14.4. The molecule has 0 saturated heterocycles. The normalized spacial score (nSPS) is 19.5. The zero-order valence-electron chi connectivity index (χ0n) is 19.9. The van der Waals surface area contributed by atoms with Gasteiger partial charge in [0, 0.05) is 37.6 Å². The fourth-order valence-electron chi connectivity index (χ4n) is 3.57. The molecule has 1 aliphatic rings. The number of guanidine groups is 1. The minimum absolute atomic E-state index is 0. The molecule has 1 heterocycles. The zero-order valence-corrected chi connectivity index (χ0v) is 22.2. The Morgan fingerprint density at radius 1 is 1.23 bits per heavy atom. The van der Waals surface area contributed by atoms with Gasteiger partial charge in [0.05, 0.1) is 0 Å². The lowest BCUT2D eigenvalue weighted by Gasteiger charge is -2.31. The summed E-state index contributed by atoms with van der Waals surface area (Å²) in [5.41, 5.74) is -0.468. The van der Waals surface area contributed by atoms with Crippen LogP contribution >= 0.6 is 24.0 Å². The van der Waals surface area contributed by atoms with Crippen molar-refractivity contribution >= 4 is 36.0 Å². The maximum Gasteiger partial charge on any atom is 0.407 e. The van der Waals surface area contributed by atoms with Crippen LogP contribution in [0.15, 0.2) is 17.4 Å². The van der Waals surface area contributed by atoms with Gasteiger partial charge in [-0.2, -0.15) is 0 Å². The number of alkyl carbamates (subject to hydrolysis) is 1. The van der Waals surface area contributed by atoms with E-state index in [9.17, 15) is 4.79 Å². The second-order valence-electron chi connectivity index (χ2n) is 9.42. The van der Waals surface area contributed by atoms with E-state index in [1.165, 1.54) is 0 Å². The summed E-state index contributed by atoms with van der Waals surface area (Å²) in [6.07, 6.45) is 7.34. The fraction of sp³-hybridized carbons (Fsp3) is 0.773. The minimum atomic E-state index is -0.468. The van der Waals surface area contributed by atoms with E-state index < -0.39 is 5.60 Å². The van der Waals surface area contributed by atoms with Crippen molar-refractivity contribution < 1.29 is 9.53 Å².